The molecule has 0 bridgehead atoms. The van der Waals surface area contributed by atoms with Gasteiger partial charge in [-0.3, -0.25) is 9.89 Å². The number of benzene rings is 2. The molecule has 1 aromatic heterocycles. The van der Waals surface area contributed by atoms with Crippen LogP contribution >= 0.6 is 0 Å². The van der Waals surface area contributed by atoms with Gasteiger partial charge < -0.3 is 25.1 Å². The van der Waals surface area contributed by atoms with Gasteiger partial charge in [0.2, 0.25) is 0 Å². The lowest BCUT2D eigenvalue weighted by Gasteiger charge is -2.15. The summed E-state index contributed by atoms with van der Waals surface area (Å²) in [4.78, 5) is 21.3. The Kier molecular flexibility index (Phi) is 9.93. The van der Waals surface area contributed by atoms with Crippen LogP contribution < -0.4 is 15.4 Å². The lowest BCUT2D eigenvalue weighted by Crippen LogP contribution is -2.31. The Morgan fingerprint density at radius 2 is 1.94 bits per heavy atom. The Morgan fingerprint density at radius 3 is 2.59 bits per heavy atom. The Balaban J connectivity index is 0.000000236. The molecule has 8 nitrogen and oxygen atoms in total. The predicted molar refractivity (Wildman–Crippen MR) is 127 cm³/mol. The Bertz CT molecular complexity index is 974. The third kappa shape index (κ3) is 6.95. The third-order valence-corrected chi connectivity index (χ3v) is 4.82. The molecular formula is C24H31N5O3. The van der Waals surface area contributed by atoms with Crippen molar-refractivity contribution in [1.82, 2.24) is 20.4 Å². The first-order valence-electron chi connectivity index (χ1n) is 10.3. The molecule has 32 heavy (non-hydrogen) atoms. The van der Waals surface area contributed by atoms with E-state index in [2.05, 4.69) is 31.8 Å². The van der Waals surface area contributed by atoms with Crippen molar-refractivity contribution in [2.75, 3.05) is 46.2 Å². The van der Waals surface area contributed by atoms with E-state index in [4.69, 9.17) is 9.53 Å². The van der Waals surface area contributed by atoms with Crippen molar-refractivity contribution >= 4 is 18.4 Å². The molecule has 0 aliphatic carbocycles. The number of aromatic nitrogens is 2. The number of ether oxygens (including phenoxy) is 1. The van der Waals surface area contributed by atoms with Crippen molar-refractivity contribution in [3.63, 3.8) is 0 Å². The summed E-state index contributed by atoms with van der Waals surface area (Å²) in [6.07, 6.45) is 4.64. The van der Waals surface area contributed by atoms with Crippen LogP contribution in [0.25, 0.3) is 11.1 Å². The topological polar surface area (TPSA) is 99.3 Å². The predicted octanol–water partition coefficient (Wildman–Crippen LogP) is 2.85. The molecule has 3 aromatic rings. The fourth-order valence-corrected chi connectivity index (χ4v) is 3.14. The molecule has 1 amide bonds. The molecule has 2 heterocycles. The zero-order valence-corrected chi connectivity index (χ0v) is 18.9. The number of amides is 1. The van der Waals surface area contributed by atoms with Crippen LogP contribution in [0.4, 0.5) is 5.69 Å². The van der Waals surface area contributed by atoms with E-state index >= 15 is 0 Å². The highest BCUT2D eigenvalue weighted by atomic mass is 16.5. The van der Waals surface area contributed by atoms with Crippen LogP contribution in [0.15, 0.2) is 54.9 Å². The van der Waals surface area contributed by atoms with Gasteiger partial charge in [-0.1, -0.05) is 24.3 Å². The van der Waals surface area contributed by atoms with E-state index in [0.29, 0.717) is 6.61 Å². The molecule has 3 N–H and O–H groups in total. The van der Waals surface area contributed by atoms with Crippen LogP contribution in [0.2, 0.25) is 0 Å². The van der Waals surface area contributed by atoms with Crippen LogP contribution in [0, 0.1) is 0 Å². The van der Waals surface area contributed by atoms with E-state index in [1.165, 1.54) is 0 Å². The SMILES string of the molecule is C=O.CNc1ccc(-c2cn[nH]c2)cc1OCCN(C)C.O=C1NCCc2ccccc21. The molecule has 1 aliphatic heterocycles. The largest absolute Gasteiger partial charge is 0.490 e. The number of carbonyl (C=O) groups excluding carboxylic acids is 2. The quantitative estimate of drug-likeness (QED) is 0.548. The molecule has 0 spiro atoms. The normalized spacial score (nSPS) is 11.8. The van der Waals surface area contributed by atoms with Crippen LogP contribution in [0.1, 0.15) is 15.9 Å². The monoisotopic (exact) mass is 437 g/mol. The molecule has 2 aromatic carbocycles. The minimum Gasteiger partial charge on any atom is -0.490 e. The van der Waals surface area contributed by atoms with E-state index in [-0.39, 0.29) is 5.91 Å². The van der Waals surface area contributed by atoms with Crippen LogP contribution in [-0.2, 0) is 11.2 Å². The van der Waals surface area contributed by atoms with E-state index in [0.717, 1.165) is 53.2 Å². The van der Waals surface area contributed by atoms with Gasteiger partial charge in [0.15, 0.2) is 0 Å². The first-order chi connectivity index (χ1) is 15.6. The van der Waals surface area contributed by atoms with Crippen molar-refractivity contribution in [3.8, 4) is 16.9 Å². The first-order valence-corrected chi connectivity index (χ1v) is 10.3. The Morgan fingerprint density at radius 1 is 1.16 bits per heavy atom. The van der Waals surface area contributed by atoms with Crippen LogP contribution in [0.5, 0.6) is 5.75 Å². The van der Waals surface area contributed by atoms with Crippen molar-refractivity contribution in [2.24, 2.45) is 0 Å². The van der Waals surface area contributed by atoms with Gasteiger partial charge in [-0.15, -0.1) is 0 Å². The summed E-state index contributed by atoms with van der Waals surface area (Å²) in [7, 11) is 5.96. The second-order valence-electron chi connectivity index (χ2n) is 7.26. The molecule has 0 saturated heterocycles. The van der Waals surface area contributed by atoms with Crippen LogP contribution in [-0.4, -0.2) is 68.6 Å². The maximum atomic E-state index is 11.2. The average molecular weight is 438 g/mol. The van der Waals surface area contributed by atoms with Crippen molar-refractivity contribution in [1.29, 1.82) is 0 Å². The van der Waals surface area contributed by atoms with Crippen molar-refractivity contribution in [2.45, 2.75) is 6.42 Å². The second kappa shape index (κ2) is 12.9. The van der Waals surface area contributed by atoms with Gasteiger partial charge in [-0.25, -0.2) is 0 Å². The molecule has 0 unspecified atom stereocenters. The van der Waals surface area contributed by atoms with Gasteiger partial charge in [0.25, 0.3) is 5.91 Å². The Hall–Kier alpha value is -3.65. The fourth-order valence-electron chi connectivity index (χ4n) is 3.14. The lowest BCUT2D eigenvalue weighted by atomic mass is 10.0. The van der Waals surface area contributed by atoms with Gasteiger partial charge in [0.1, 0.15) is 19.1 Å². The summed E-state index contributed by atoms with van der Waals surface area (Å²) in [6.45, 7) is 4.32. The van der Waals surface area contributed by atoms with E-state index in [1.54, 1.807) is 6.20 Å². The molecule has 0 fully saturated rings. The fraction of sp³-hybridized carbons (Fsp3) is 0.292. The number of rotatable bonds is 6. The second-order valence-corrected chi connectivity index (χ2v) is 7.26. The van der Waals surface area contributed by atoms with Crippen molar-refractivity contribution < 1.29 is 14.3 Å². The van der Waals surface area contributed by atoms with Gasteiger partial charge in [0.05, 0.1) is 11.9 Å². The lowest BCUT2D eigenvalue weighted by molar-refractivity contribution is -0.0980. The maximum Gasteiger partial charge on any atom is 0.251 e. The number of hydrogen-bond donors (Lipinski definition) is 3. The minimum absolute atomic E-state index is 0.0619. The molecule has 0 radical (unpaired) electrons. The number of anilines is 1. The minimum atomic E-state index is 0.0619. The number of aromatic amines is 1. The smallest absolute Gasteiger partial charge is 0.251 e. The molecule has 0 atom stereocenters. The van der Waals surface area contributed by atoms with Crippen molar-refractivity contribution in [3.05, 3.63) is 66.0 Å². The zero-order valence-electron chi connectivity index (χ0n) is 18.9. The first kappa shape index (κ1) is 24.6. The molecule has 170 valence electrons. The van der Waals surface area contributed by atoms with E-state index in [9.17, 15) is 4.79 Å². The highest BCUT2D eigenvalue weighted by Gasteiger charge is 2.14. The number of fused-ring (bicyclic) bond motifs is 1. The molecular weight excluding hydrogens is 406 g/mol. The number of nitrogens with one attached hydrogen (secondary N) is 3. The van der Waals surface area contributed by atoms with Crippen LogP contribution in [0.3, 0.4) is 0 Å². The summed E-state index contributed by atoms with van der Waals surface area (Å²) in [5, 5.41) is 12.7. The zero-order chi connectivity index (χ0) is 23.3. The number of likely N-dealkylation sites (N-methyl/N-ethyl adjacent to an activating group) is 1. The molecule has 0 saturated carbocycles. The standard InChI is InChI=1S/C14H20N4O.C9H9NO.CH2O/c1-15-13-5-4-11(12-9-16-17-10-12)8-14(13)19-7-6-18(2)3;11-9-8-4-2-1-3-7(8)5-6-10-9;1-2/h4-5,8-10,15H,6-7H2,1-3H3,(H,16,17);1-4H,5-6H2,(H,10,11);1H2. The summed E-state index contributed by atoms with van der Waals surface area (Å²) < 4.78 is 5.84. The van der Waals surface area contributed by atoms with Gasteiger partial charge in [-0.05, 0) is 49.8 Å². The number of carbonyl (C=O) groups is 2. The molecule has 8 heteroatoms. The van der Waals surface area contributed by atoms with E-state index in [1.807, 2.05) is 70.5 Å². The molecule has 1 aliphatic rings. The summed E-state index contributed by atoms with van der Waals surface area (Å²) >= 11 is 0. The summed E-state index contributed by atoms with van der Waals surface area (Å²) in [5.74, 6) is 0.926. The van der Waals surface area contributed by atoms with E-state index < -0.39 is 0 Å². The Labute approximate surface area is 189 Å². The molecule has 4 rings (SSSR count). The highest BCUT2D eigenvalue weighted by molar-refractivity contribution is 5.96. The highest BCUT2D eigenvalue weighted by Crippen LogP contribution is 2.30. The van der Waals surface area contributed by atoms with Gasteiger partial charge >= 0.3 is 0 Å². The number of nitrogens with zero attached hydrogens (tertiary/aromatic N) is 2. The number of hydrogen-bond acceptors (Lipinski definition) is 6. The average Bonchev–Trinajstić information content (AvgIpc) is 3.36. The van der Waals surface area contributed by atoms with Gasteiger partial charge in [0, 0.05) is 37.5 Å². The summed E-state index contributed by atoms with van der Waals surface area (Å²) in [5.41, 5.74) is 5.13. The number of H-pyrrole nitrogens is 1. The van der Waals surface area contributed by atoms with Gasteiger partial charge in [-0.2, -0.15) is 5.10 Å². The maximum absolute atomic E-state index is 11.2. The summed E-state index contributed by atoms with van der Waals surface area (Å²) in [6, 6.07) is 13.8. The third-order valence-electron chi connectivity index (χ3n) is 4.82.